The molecule has 0 aliphatic heterocycles. The summed E-state index contributed by atoms with van der Waals surface area (Å²) < 4.78 is 4.70. The van der Waals surface area contributed by atoms with Gasteiger partial charge in [0, 0.05) is 11.6 Å². The van der Waals surface area contributed by atoms with Crippen molar-refractivity contribution >= 4 is 11.9 Å². The number of carbonyl (C=O) groups excluding carboxylic acids is 2. The second-order valence-electron chi connectivity index (χ2n) is 5.52. The monoisotopic (exact) mass is 275 g/mol. The molecule has 4 nitrogen and oxygen atoms in total. The molecular weight excluding hydrogens is 254 g/mol. The van der Waals surface area contributed by atoms with Crippen LogP contribution in [-0.4, -0.2) is 25.0 Å². The number of benzene rings is 1. The zero-order valence-corrected chi connectivity index (χ0v) is 12.2. The lowest BCUT2D eigenvalue weighted by molar-refractivity contribution is -0.141. The molecule has 0 saturated heterocycles. The highest BCUT2D eigenvalue weighted by atomic mass is 16.5. The van der Waals surface area contributed by atoms with Gasteiger partial charge < -0.3 is 10.1 Å². The van der Waals surface area contributed by atoms with Crippen LogP contribution in [0.4, 0.5) is 0 Å². The Hall–Kier alpha value is -1.84. The van der Waals surface area contributed by atoms with Crippen LogP contribution < -0.4 is 5.32 Å². The van der Waals surface area contributed by atoms with Crippen LogP contribution in [0.2, 0.25) is 0 Å². The fourth-order valence-corrected chi connectivity index (χ4v) is 2.41. The number of nitrogens with one attached hydrogen (secondary N) is 1. The van der Waals surface area contributed by atoms with E-state index in [-0.39, 0.29) is 24.3 Å². The first-order valence-electron chi connectivity index (χ1n) is 6.96. The lowest BCUT2D eigenvalue weighted by atomic mass is 10.0. The molecule has 1 aromatic carbocycles. The molecular formula is C16H21NO3. The number of carbonyl (C=O) groups is 2. The van der Waals surface area contributed by atoms with E-state index in [1.807, 2.05) is 32.0 Å². The molecule has 1 fully saturated rings. The summed E-state index contributed by atoms with van der Waals surface area (Å²) in [6.07, 6.45) is 2.38. The standard InChI is InChI=1S/C16H21NO3/c1-10-4-7-13(11(2)8-10)16(19)17-14(12-5-6-12)9-15(18)20-3/h4,7-8,12,14H,5-6,9H2,1-3H3,(H,17,19)/t14-/m0/s1. The van der Waals surface area contributed by atoms with E-state index in [1.54, 1.807) is 0 Å². The fraction of sp³-hybridized carbons (Fsp3) is 0.500. The maximum atomic E-state index is 12.3. The van der Waals surface area contributed by atoms with Crippen LogP contribution in [0.3, 0.4) is 0 Å². The van der Waals surface area contributed by atoms with Crippen molar-refractivity contribution in [2.24, 2.45) is 5.92 Å². The Morgan fingerprint density at radius 2 is 2.05 bits per heavy atom. The first-order chi connectivity index (χ1) is 9.51. The molecule has 1 aliphatic carbocycles. The van der Waals surface area contributed by atoms with E-state index in [4.69, 9.17) is 4.74 Å². The summed E-state index contributed by atoms with van der Waals surface area (Å²) in [6.45, 7) is 3.92. The van der Waals surface area contributed by atoms with Crippen LogP contribution in [0.25, 0.3) is 0 Å². The topological polar surface area (TPSA) is 55.4 Å². The number of hydrogen-bond donors (Lipinski definition) is 1. The van der Waals surface area contributed by atoms with E-state index in [9.17, 15) is 9.59 Å². The number of amides is 1. The average molecular weight is 275 g/mol. The van der Waals surface area contributed by atoms with Crippen LogP contribution in [-0.2, 0) is 9.53 Å². The van der Waals surface area contributed by atoms with E-state index in [0.29, 0.717) is 11.5 Å². The number of aryl methyl sites for hydroxylation is 2. The highest BCUT2D eigenvalue weighted by Crippen LogP contribution is 2.34. The molecule has 4 heteroatoms. The highest BCUT2D eigenvalue weighted by molar-refractivity contribution is 5.96. The van der Waals surface area contributed by atoms with E-state index in [0.717, 1.165) is 24.0 Å². The Bertz CT molecular complexity index is 520. The van der Waals surface area contributed by atoms with Crippen LogP contribution in [0.1, 0.15) is 40.7 Å². The quantitative estimate of drug-likeness (QED) is 0.839. The van der Waals surface area contributed by atoms with Gasteiger partial charge in [-0.1, -0.05) is 17.7 Å². The van der Waals surface area contributed by atoms with Crippen LogP contribution in [0.5, 0.6) is 0 Å². The number of rotatable bonds is 5. The average Bonchev–Trinajstić information content (AvgIpc) is 3.21. The van der Waals surface area contributed by atoms with Crippen LogP contribution in [0.15, 0.2) is 18.2 Å². The molecule has 108 valence electrons. The van der Waals surface area contributed by atoms with Crippen molar-refractivity contribution < 1.29 is 14.3 Å². The van der Waals surface area contributed by atoms with Gasteiger partial charge in [0.1, 0.15) is 0 Å². The Balaban J connectivity index is 2.06. The van der Waals surface area contributed by atoms with Crippen molar-refractivity contribution in [3.05, 3.63) is 34.9 Å². The van der Waals surface area contributed by atoms with Gasteiger partial charge in [0.25, 0.3) is 5.91 Å². The predicted octanol–water partition coefficient (Wildman–Crippen LogP) is 2.37. The van der Waals surface area contributed by atoms with Gasteiger partial charge in [0.15, 0.2) is 0 Å². The van der Waals surface area contributed by atoms with Gasteiger partial charge in [0.05, 0.1) is 13.5 Å². The van der Waals surface area contributed by atoms with Gasteiger partial charge in [-0.15, -0.1) is 0 Å². The molecule has 0 heterocycles. The summed E-state index contributed by atoms with van der Waals surface area (Å²) in [5.74, 6) is 0.0231. The third kappa shape index (κ3) is 3.59. The molecule has 20 heavy (non-hydrogen) atoms. The van der Waals surface area contributed by atoms with Crippen molar-refractivity contribution in [2.75, 3.05) is 7.11 Å². The summed E-state index contributed by atoms with van der Waals surface area (Å²) in [4.78, 5) is 23.7. The van der Waals surface area contributed by atoms with Gasteiger partial charge in [-0.2, -0.15) is 0 Å². The molecule has 1 aromatic rings. The SMILES string of the molecule is COC(=O)C[C@H](NC(=O)c1ccc(C)cc1C)C1CC1. The third-order valence-electron chi connectivity index (χ3n) is 3.75. The molecule has 0 unspecified atom stereocenters. The van der Waals surface area contributed by atoms with Crippen molar-refractivity contribution in [3.8, 4) is 0 Å². The normalized spacial score (nSPS) is 15.6. The lowest BCUT2D eigenvalue weighted by Gasteiger charge is -2.18. The Morgan fingerprint density at radius 1 is 1.35 bits per heavy atom. The van der Waals surface area contributed by atoms with E-state index >= 15 is 0 Å². The Morgan fingerprint density at radius 3 is 2.60 bits per heavy atom. The second-order valence-corrected chi connectivity index (χ2v) is 5.52. The summed E-state index contributed by atoms with van der Waals surface area (Å²) in [5.41, 5.74) is 2.76. The van der Waals surface area contributed by atoms with Gasteiger partial charge in [0.2, 0.25) is 0 Å². The van der Waals surface area contributed by atoms with Crippen molar-refractivity contribution in [3.63, 3.8) is 0 Å². The van der Waals surface area contributed by atoms with Crippen molar-refractivity contribution in [2.45, 2.75) is 39.2 Å². The Kier molecular flexibility index (Phi) is 4.42. The zero-order chi connectivity index (χ0) is 14.7. The molecule has 0 spiro atoms. The second kappa shape index (κ2) is 6.07. The minimum Gasteiger partial charge on any atom is -0.469 e. The largest absolute Gasteiger partial charge is 0.469 e. The smallest absolute Gasteiger partial charge is 0.307 e. The van der Waals surface area contributed by atoms with Crippen LogP contribution in [0, 0.1) is 19.8 Å². The van der Waals surface area contributed by atoms with Gasteiger partial charge in [-0.25, -0.2) is 0 Å². The first-order valence-corrected chi connectivity index (χ1v) is 6.96. The fourth-order valence-electron chi connectivity index (χ4n) is 2.41. The number of esters is 1. The maximum Gasteiger partial charge on any atom is 0.307 e. The summed E-state index contributed by atoms with van der Waals surface area (Å²) in [7, 11) is 1.37. The molecule has 1 atom stereocenters. The van der Waals surface area contributed by atoms with Gasteiger partial charge in [-0.05, 0) is 44.2 Å². The minimum atomic E-state index is -0.275. The molecule has 0 aromatic heterocycles. The molecule has 1 amide bonds. The molecule has 1 saturated carbocycles. The third-order valence-corrected chi connectivity index (χ3v) is 3.75. The molecule has 0 radical (unpaired) electrons. The van der Waals surface area contributed by atoms with Crippen molar-refractivity contribution in [1.29, 1.82) is 0 Å². The molecule has 1 aliphatic rings. The number of hydrogen-bond acceptors (Lipinski definition) is 3. The summed E-state index contributed by atoms with van der Waals surface area (Å²) in [5, 5.41) is 2.98. The van der Waals surface area contributed by atoms with E-state index < -0.39 is 0 Å². The molecule has 1 N–H and O–H groups in total. The number of ether oxygens (including phenoxy) is 1. The number of methoxy groups -OCH3 is 1. The predicted molar refractivity (Wildman–Crippen MR) is 76.5 cm³/mol. The van der Waals surface area contributed by atoms with Gasteiger partial charge in [-0.3, -0.25) is 9.59 Å². The van der Waals surface area contributed by atoms with E-state index in [1.165, 1.54) is 7.11 Å². The lowest BCUT2D eigenvalue weighted by Crippen LogP contribution is -2.38. The summed E-state index contributed by atoms with van der Waals surface area (Å²) >= 11 is 0. The summed E-state index contributed by atoms with van der Waals surface area (Å²) in [6, 6.07) is 5.63. The Labute approximate surface area is 119 Å². The maximum absolute atomic E-state index is 12.3. The minimum absolute atomic E-state index is 0.108. The first kappa shape index (κ1) is 14.6. The molecule has 2 rings (SSSR count). The van der Waals surface area contributed by atoms with Crippen LogP contribution >= 0.6 is 0 Å². The zero-order valence-electron chi connectivity index (χ0n) is 12.2. The van der Waals surface area contributed by atoms with E-state index in [2.05, 4.69) is 5.32 Å². The molecule has 0 bridgehead atoms. The van der Waals surface area contributed by atoms with Crippen molar-refractivity contribution in [1.82, 2.24) is 5.32 Å². The highest BCUT2D eigenvalue weighted by Gasteiger charge is 2.34. The van der Waals surface area contributed by atoms with Gasteiger partial charge >= 0.3 is 5.97 Å².